The Morgan fingerprint density at radius 3 is 2.52 bits per heavy atom. The van der Waals surface area contributed by atoms with Gasteiger partial charge in [0.2, 0.25) is 0 Å². The fraction of sp³-hybridized carbons (Fsp3) is 0.476. The number of nitrogens with one attached hydrogen (secondary N) is 2. The molecule has 3 rings (SSSR count). The second-order valence-electron chi connectivity index (χ2n) is 6.89. The van der Waals surface area contributed by atoms with Crippen LogP contribution in [0.15, 0.2) is 52.1 Å². The van der Waals surface area contributed by atoms with Crippen molar-refractivity contribution < 1.29 is 4.42 Å². The molecule has 1 aliphatic heterocycles. The van der Waals surface area contributed by atoms with E-state index in [1.54, 1.807) is 6.26 Å². The van der Waals surface area contributed by atoms with Crippen molar-refractivity contribution in [3.63, 3.8) is 0 Å². The van der Waals surface area contributed by atoms with Crippen molar-refractivity contribution in [2.75, 3.05) is 33.2 Å². The van der Waals surface area contributed by atoms with Crippen LogP contribution < -0.4 is 10.6 Å². The molecule has 5 nitrogen and oxygen atoms in total. The van der Waals surface area contributed by atoms with Crippen LogP contribution in [-0.4, -0.2) is 44.1 Å². The number of aryl methyl sites for hydroxylation is 1. The lowest BCUT2D eigenvalue weighted by Crippen LogP contribution is -2.43. The molecule has 148 valence electrons. The number of hydrogen-bond acceptors (Lipinski definition) is 3. The summed E-state index contributed by atoms with van der Waals surface area (Å²) in [6.45, 7) is 6.03. The number of hydrogen-bond donors (Lipinski definition) is 2. The third kappa shape index (κ3) is 6.53. The van der Waals surface area contributed by atoms with E-state index in [4.69, 9.17) is 4.42 Å². The Bertz CT molecular complexity index is 679. The van der Waals surface area contributed by atoms with Gasteiger partial charge >= 0.3 is 0 Å². The molecule has 6 heteroatoms. The maximum atomic E-state index is 5.68. The van der Waals surface area contributed by atoms with E-state index in [0.717, 1.165) is 44.3 Å². The number of nitrogens with zero attached hydrogens (tertiary/aromatic N) is 2. The molecule has 2 heterocycles. The van der Waals surface area contributed by atoms with Crippen LogP contribution in [0.4, 0.5) is 0 Å². The quantitative estimate of drug-likeness (QED) is 0.359. The van der Waals surface area contributed by atoms with E-state index in [-0.39, 0.29) is 30.0 Å². The molecular weight excluding hydrogens is 451 g/mol. The first kappa shape index (κ1) is 21.8. The Hall–Kier alpha value is -1.54. The van der Waals surface area contributed by atoms with Crippen LogP contribution in [0, 0.1) is 6.92 Å². The third-order valence-electron chi connectivity index (χ3n) is 4.97. The molecule has 1 saturated heterocycles. The van der Waals surface area contributed by atoms with E-state index in [0.29, 0.717) is 0 Å². The minimum atomic E-state index is 0. The standard InChI is InChI=1S/C21H30N4O.HI/c1-17-7-9-18(10-8-17)11-12-23-21(22-2)24-16-19(20-6-5-15-26-20)25-13-3-4-14-25;/h5-10,15,19H,3-4,11-14,16H2,1-2H3,(H2,22,23,24);1H. The van der Waals surface area contributed by atoms with Crippen LogP contribution in [0.3, 0.4) is 0 Å². The molecule has 1 unspecified atom stereocenters. The molecule has 27 heavy (non-hydrogen) atoms. The maximum absolute atomic E-state index is 5.68. The Morgan fingerprint density at radius 1 is 1.15 bits per heavy atom. The van der Waals surface area contributed by atoms with Crippen molar-refractivity contribution in [3.8, 4) is 0 Å². The number of halogens is 1. The lowest BCUT2D eigenvalue weighted by molar-refractivity contribution is 0.215. The highest BCUT2D eigenvalue weighted by atomic mass is 127. The summed E-state index contributed by atoms with van der Waals surface area (Å²) >= 11 is 0. The lowest BCUT2D eigenvalue weighted by Gasteiger charge is -2.26. The summed E-state index contributed by atoms with van der Waals surface area (Å²) in [6, 6.07) is 13.0. The zero-order chi connectivity index (χ0) is 18.2. The number of aliphatic imine (C=N–C) groups is 1. The topological polar surface area (TPSA) is 52.8 Å². The highest BCUT2D eigenvalue weighted by molar-refractivity contribution is 14.0. The average molecular weight is 482 g/mol. The molecule has 0 bridgehead atoms. The Balaban J connectivity index is 0.00000261. The molecule has 0 aliphatic carbocycles. The van der Waals surface area contributed by atoms with Crippen LogP contribution in [0.2, 0.25) is 0 Å². The first-order chi connectivity index (χ1) is 12.8. The molecular formula is C21H31IN4O. The Morgan fingerprint density at radius 2 is 1.89 bits per heavy atom. The summed E-state index contributed by atoms with van der Waals surface area (Å²) in [7, 11) is 1.82. The molecule has 0 spiro atoms. The van der Waals surface area contributed by atoms with Crippen LogP contribution >= 0.6 is 24.0 Å². The second kappa shape index (κ2) is 11.3. The van der Waals surface area contributed by atoms with Gasteiger partial charge in [-0.05, 0) is 57.0 Å². The van der Waals surface area contributed by atoms with Crippen LogP contribution in [-0.2, 0) is 6.42 Å². The Labute approximate surface area is 179 Å². The van der Waals surface area contributed by atoms with Gasteiger partial charge in [-0.3, -0.25) is 9.89 Å². The summed E-state index contributed by atoms with van der Waals surface area (Å²) in [5.41, 5.74) is 2.63. The first-order valence-corrected chi connectivity index (χ1v) is 9.54. The van der Waals surface area contributed by atoms with Crippen LogP contribution in [0.1, 0.15) is 35.8 Å². The van der Waals surface area contributed by atoms with Gasteiger partial charge in [-0.25, -0.2) is 0 Å². The summed E-state index contributed by atoms with van der Waals surface area (Å²) in [4.78, 5) is 6.85. The van der Waals surface area contributed by atoms with Crippen molar-refractivity contribution in [2.24, 2.45) is 4.99 Å². The van der Waals surface area contributed by atoms with Gasteiger partial charge in [0.25, 0.3) is 0 Å². The molecule has 0 saturated carbocycles. The molecule has 1 aromatic carbocycles. The van der Waals surface area contributed by atoms with E-state index in [1.807, 2.05) is 13.1 Å². The summed E-state index contributed by atoms with van der Waals surface area (Å²) in [6.07, 6.45) is 5.27. The molecule has 1 atom stereocenters. The van der Waals surface area contributed by atoms with Crippen molar-refractivity contribution >= 4 is 29.9 Å². The number of likely N-dealkylation sites (tertiary alicyclic amines) is 1. The normalized spacial score (nSPS) is 16.0. The van der Waals surface area contributed by atoms with Crippen molar-refractivity contribution in [1.29, 1.82) is 0 Å². The van der Waals surface area contributed by atoms with Gasteiger partial charge in [0.1, 0.15) is 5.76 Å². The van der Waals surface area contributed by atoms with Crippen molar-refractivity contribution in [1.82, 2.24) is 15.5 Å². The Kier molecular flexibility index (Phi) is 9.14. The summed E-state index contributed by atoms with van der Waals surface area (Å²) < 4.78 is 5.68. The van der Waals surface area contributed by atoms with Gasteiger partial charge in [0, 0.05) is 20.1 Å². The summed E-state index contributed by atoms with van der Waals surface area (Å²) in [5, 5.41) is 6.88. The maximum Gasteiger partial charge on any atom is 0.191 e. The van der Waals surface area contributed by atoms with Crippen LogP contribution in [0.5, 0.6) is 0 Å². The SMILES string of the molecule is CN=C(NCCc1ccc(C)cc1)NCC(c1ccco1)N1CCCC1.I. The predicted octanol–water partition coefficient (Wildman–Crippen LogP) is 3.75. The lowest BCUT2D eigenvalue weighted by atomic mass is 10.1. The number of benzene rings is 1. The number of rotatable bonds is 7. The molecule has 1 aromatic heterocycles. The predicted molar refractivity (Wildman–Crippen MR) is 122 cm³/mol. The van der Waals surface area contributed by atoms with Gasteiger partial charge in [0.05, 0.1) is 12.3 Å². The minimum absolute atomic E-state index is 0. The van der Waals surface area contributed by atoms with Crippen molar-refractivity contribution in [2.45, 2.75) is 32.2 Å². The second-order valence-corrected chi connectivity index (χ2v) is 6.89. The largest absolute Gasteiger partial charge is 0.468 e. The van der Waals surface area contributed by atoms with E-state index < -0.39 is 0 Å². The minimum Gasteiger partial charge on any atom is -0.468 e. The van der Waals surface area contributed by atoms with E-state index in [9.17, 15) is 0 Å². The number of furan rings is 1. The molecule has 2 aromatic rings. The van der Waals surface area contributed by atoms with Gasteiger partial charge in [-0.1, -0.05) is 29.8 Å². The first-order valence-electron chi connectivity index (χ1n) is 9.54. The molecule has 1 aliphatic rings. The molecule has 0 radical (unpaired) electrons. The number of guanidine groups is 1. The fourth-order valence-electron chi connectivity index (χ4n) is 3.44. The van der Waals surface area contributed by atoms with E-state index in [2.05, 4.69) is 57.8 Å². The van der Waals surface area contributed by atoms with E-state index >= 15 is 0 Å². The summed E-state index contributed by atoms with van der Waals surface area (Å²) in [5.74, 6) is 1.86. The van der Waals surface area contributed by atoms with E-state index in [1.165, 1.54) is 24.0 Å². The van der Waals surface area contributed by atoms with Gasteiger partial charge < -0.3 is 15.1 Å². The average Bonchev–Trinajstić information content (AvgIpc) is 3.36. The molecule has 1 fully saturated rings. The molecule has 2 N–H and O–H groups in total. The fourth-order valence-corrected chi connectivity index (χ4v) is 3.44. The monoisotopic (exact) mass is 482 g/mol. The highest BCUT2D eigenvalue weighted by Gasteiger charge is 2.25. The zero-order valence-electron chi connectivity index (χ0n) is 16.3. The third-order valence-corrected chi connectivity index (χ3v) is 4.97. The van der Waals surface area contributed by atoms with Gasteiger partial charge in [0.15, 0.2) is 5.96 Å². The van der Waals surface area contributed by atoms with Crippen molar-refractivity contribution in [3.05, 3.63) is 59.5 Å². The van der Waals surface area contributed by atoms with Crippen LogP contribution in [0.25, 0.3) is 0 Å². The highest BCUT2D eigenvalue weighted by Crippen LogP contribution is 2.24. The van der Waals surface area contributed by atoms with Gasteiger partial charge in [-0.2, -0.15) is 0 Å². The van der Waals surface area contributed by atoms with Gasteiger partial charge in [-0.15, -0.1) is 24.0 Å². The zero-order valence-corrected chi connectivity index (χ0v) is 18.6. The molecule has 0 amide bonds. The smallest absolute Gasteiger partial charge is 0.191 e.